The summed E-state index contributed by atoms with van der Waals surface area (Å²) < 4.78 is 10.4. The van der Waals surface area contributed by atoms with Crippen LogP contribution in [0.4, 0.5) is 0 Å². The van der Waals surface area contributed by atoms with Crippen LogP contribution in [0.2, 0.25) is 0 Å². The van der Waals surface area contributed by atoms with Crippen LogP contribution >= 0.6 is 0 Å². The first-order valence-corrected chi connectivity index (χ1v) is 7.39. The number of benzene rings is 2. The Morgan fingerprint density at radius 3 is 2.46 bits per heavy atom. The van der Waals surface area contributed by atoms with E-state index in [4.69, 9.17) is 9.15 Å². The summed E-state index contributed by atoms with van der Waals surface area (Å²) in [7, 11) is 0. The zero-order valence-corrected chi connectivity index (χ0v) is 12.8. The molecule has 0 aliphatic carbocycles. The minimum Gasteiger partial charge on any atom is -0.457 e. The lowest BCUT2D eigenvalue weighted by atomic mass is 10.2. The largest absolute Gasteiger partial charge is 0.457 e. The maximum atomic E-state index is 12.0. The van der Waals surface area contributed by atoms with Crippen molar-refractivity contribution in [2.24, 2.45) is 0 Å². The lowest BCUT2D eigenvalue weighted by molar-refractivity contribution is 0.0701. The summed E-state index contributed by atoms with van der Waals surface area (Å²) in [5.74, 6) is 0.00632. The second kappa shape index (κ2) is 5.66. The molecule has 0 saturated heterocycles. The maximum absolute atomic E-state index is 12.0. The van der Waals surface area contributed by atoms with Crippen molar-refractivity contribution in [2.45, 2.75) is 6.92 Å². The quantitative estimate of drug-likeness (QED) is 0.427. The molecule has 0 aliphatic heterocycles. The first-order chi connectivity index (χ1) is 11.7. The van der Waals surface area contributed by atoms with E-state index < -0.39 is 5.97 Å². The zero-order chi connectivity index (χ0) is 16.5. The van der Waals surface area contributed by atoms with Crippen LogP contribution in [0.25, 0.3) is 16.7 Å². The molecule has 0 amide bonds. The van der Waals surface area contributed by atoms with E-state index in [9.17, 15) is 4.79 Å². The number of furan rings is 1. The first kappa shape index (κ1) is 14.2. The van der Waals surface area contributed by atoms with E-state index in [-0.39, 0.29) is 5.76 Å². The number of hydrogen-bond acceptors (Lipinski definition) is 5. The number of aromatic nitrogens is 3. The summed E-state index contributed by atoms with van der Waals surface area (Å²) >= 11 is 0. The van der Waals surface area contributed by atoms with E-state index in [1.807, 2.05) is 37.3 Å². The van der Waals surface area contributed by atoms with E-state index in [1.165, 1.54) is 6.26 Å². The molecule has 0 saturated carbocycles. The Hall–Kier alpha value is -3.41. The molecule has 2 aromatic carbocycles. The molecular weight excluding hydrogens is 306 g/mol. The lowest BCUT2D eigenvalue weighted by Gasteiger charge is -2.07. The molecule has 0 atom stereocenters. The number of nitrogens with zero attached hydrogens (tertiary/aromatic N) is 3. The molecule has 0 radical (unpaired) electrons. The molecular formula is C18H13N3O3. The Kier molecular flexibility index (Phi) is 3.35. The number of fused-ring (bicyclic) bond motifs is 1. The minimum atomic E-state index is -0.548. The fraction of sp³-hybridized carbons (Fsp3) is 0.0556. The molecule has 6 heteroatoms. The van der Waals surface area contributed by atoms with Gasteiger partial charge in [0.2, 0.25) is 5.76 Å². The molecule has 0 bridgehead atoms. The summed E-state index contributed by atoms with van der Waals surface area (Å²) in [4.78, 5) is 13.5. The predicted octanol–water partition coefficient (Wildman–Crippen LogP) is 3.54. The summed E-state index contributed by atoms with van der Waals surface area (Å²) in [6, 6.07) is 16.1. The number of hydrogen-bond donors (Lipinski definition) is 0. The number of carbonyl (C=O) groups is 1. The van der Waals surface area contributed by atoms with Crippen LogP contribution in [0.3, 0.4) is 0 Å². The van der Waals surface area contributed by atoms with Crippen molar-refractivity contribution in [1.29, 1.82) is 0 Å². The number of ether oxygens (including phenoxy) is 1. The van der Waals surface area contributed by atoms with Crippen LogP contribution in [0, 0.1) is 6.92 Å². The van der Waals surface area contributed by atoms with E-state index in [0.29, 0.717) is 5.75 Å². The van der Waals surface area contributed by atoms with Crippen molar-refractivity contribution in [2.75, 3.05) is 0 Å². The molecule has 0 N–H and O–H groups in total. The Morgan fingerprint density at radius 1 is 1.04 bits per heavy atom. The van der Waals surface area contributed by atoms with Crippen LogP contribution in [0.5, 0.6) is 5.75 Å². The van der Waals surface area contributed by atoms with Crippen molar-refractivity contribution >= 4 is 17.0 Å². The van der Waals surface area contributed by atoms with Crippen LogP contribution < -0.4 is 4.74 Å². The van der Waals surface area contributed by atoms with Crippen LogP contribution in [0.15, 0.2) is 65.3 Å². The highest BCUT2D eigenvalue weighted by Gasteiger charge is 2.13. The fourth-order valence-corrected chi connectivity index (χ4v) is 2.39. The number of carbonyl (C=O) groups excluding carboxylic acids is 1. The maximum Gasteiger partial charge on any atom is 0.379 e. The van der Waals surface area contributed by atoms with Crippen LogP contribution in [-0.4, -0.2) is 21.0 Å². The standard InChI is InChI=1S/C18H13N3O3/c1-12-8-9-13(24-18(22)17-7-4-10-23-17)11-16(12)21-19-14-5-2-3-6-15(14)20-21/h2-11H,1H3. The minimum absolute atomic E-state index is 0.153. The zero-order valence-electron chi connectivity index (χ0n) is 12.8. The van der Waals surface area contributed by atoms with Gasteiger partial charge in [0.1, 0.15) is 16.8 Å². The molecule has 6 nitrogen and oxygen atoms in total. The fourth-order valence-electron chi connectivity index (χ4n) is 2.39. The number of aryl methyl sites for hydroxylation is 1. The Balaban J connectivity index is 1.69. The first-order valence-electron chi connectivity index (χ1n) is 7.39. The van der Waals surface area contributed by atoms with Crippen LogP contribution in [0.1, 0.15) is 16.1 Å². The number of rotatable bonds is 3. The summed E-state index contributed by atoms with van der Waals surface area (Å²) in [5, 5.41) is 8.92. The highest BCUT2D eigenvalue weighted by atomic mass is 16.5. The van der Waals surface area contributed by atoms with Crippen LogP contribution in [-0.2, 0) is 0 Å². The Bertz CT molecular complexity index is 986. The molecule has 0 unspecified atom stereocenters. The van der Waals surface area contributed by atoms with Crippen molar-refractivity contribution in [1.82, 2.24) is 15.0 Å². The third kappa shape index (κ3) is 2.54. The summed E-state index contributed by atoms with van der Waals surface area (Å²) in [5.41, 5.74) is 3.31. The molecule has 0 aliphatic rings. The third-order valence-corrected chi connectivity index (χ3v) is 3.62. The van der Waals surface area contributed by atoms with E-state index in [0.717, 1.165) is 22.3 Å². The van der Waals surface area contributed by atoms with Crippen molar-refractivity contribution in [3.8, 4) is 11.4 Å². The van der Waals surface area contributed by atoms with Gasteiger partial charge in [-0.1, -0.05) is 18.2 Å². The highest BCUT2D eigenvalue weighted by molar-refractivity contribution is 5.88. The predicted molar refractivity (Wildman–Crippen MR) is 87.3 cm³/mol. The highest BCUT2D eigenvalue weighted by Crippen LogP contribution is 2.22. The second-order valence-corrected chi connectivity index (χ2v) is 5.29. The monoisotopic (exact) mass is 319 g/mol. The van der Waals surface area contributed by atoms with Crippen molar-refractivity contribution < 1.29 is 13.9 Å². The average Bonchev–Trinajstić information content (AvgIpc) is 3.25. The van der Waals surface area contributed by atoms with Gasteiger partial charge < -0.3 is 9.15 Å². The van der Waals surface area contributed by atoms with E-state index in [2.05, 4.69) is 10.2 Å². The van der Waals surface area contributed by atoms with Gasteiger partial charge in [-0.15, -0.1) is 10.2 Å². The van der Waals surface area contributed by atoms with Gasteiger partial charge >= 0.3 is 5.97 Å². The number of esters is 1. The van der Waals surface area contributed by atoms with Crippen molar-refractivity contribution in [3.63, 3.8) is 0 Å². The molecule has 2 aromatic heterocycles. The van der Waals surface area contributed by atoms with Gasteiger partial charge in [0.25, 0.3) is 0 Å². The summed E-state index contributed by atoms with van der Waals surface area (Å²) in [6.45, 7) is 1.95. The van der Waals surface area contributed by atoms with Gasteiger partial charge in [-0.2, -0.15) is 4.80 Å². The normalized spacial score (nSPS) is 10.9. The molecule has 118 valence electrons. The SMILES string of the molecule is Cc1ccc(OC(=O)c2ccco2)cc1-n1nc2ccccc2n1. The molecule has 0 spiro atoms. The third-order valence-electron chi connectivity index (χ3n) is 3.62. The summed E-state index contributed by atoms with van der Waals surface area (Å²) in [6.07, 6.45) is 1.43. The van der Waals surface area contributed by atoms with Gasteiger partial charge in [-0.05, 0) is 42.8 Å². The second-order valence-electron chi connectivity index (χ2n) is 5.29. The van der Waals surface area contributed by atoms with Gasteiger partial charge in [0.05, 0.1) is 12.0 Å². The van der Waals surface area contributed by atoms with Crippen molar-refractivity contribution in [3.05, 3.63) is 72.2 Å². The average molecular weight is 319 g/mol. The van der Waals surface area contributed by atoms with Gasteiger partial charge in [0.15, 0.2) is 0 Å². The molecule has 4 aromatic rings. The Morgan fingerprint density at radius 2 is 1.79 bits per heavy atom. The molecule has 4 rings (SSSR count). The van der Waals surface area contributed by atoms with Gasteiger partial charge in [-0.3, -0.25) is 0 Å². The van der Waals surface area contributed by atoms with Gasteiger partial charge in [0, 0.05) is 6.07 Å². The van der Waals surface area contributed by atoms with E-state index >= 15 is 0 Å². The lowest BCUT2D eigenvalue weighted by Crippen LogP contribution is -2.08. The molecule has 2 heterocycles. The Labute approximate surface area is 137 Å². The van der Waals surface area contributed by atoms with E-state index in [1.54, 1.807) is 29.1 Å². The smallest absolute Gasteiger partial charge is 0.379 e. The topological polar surface area (TPSA) is 70.2 Å². The molecule has 0 fully saturated rings. The molecule has 24 heavy (non-hydrogen) atoms. The van der Waals surface area contributed by atoms with Gasteiger partial charge in [-0.25, -0.2) is 4.79 Å².